The summed E-state index contributed by atoms with van der Waals surface area (Å²) in [6.07, 6.45) is 0.240. The van der Waals surface area contributed by atoms with Crippen molar-refractivity contribution in [1.29, 1.82) is 0 Å². The summed E-state index contributed by atoms with van der Waals surface area (Å²) >= 11 is 0. The molecule has 0 bridgehead atoms. The number of carbonyl (C=O) groups is 1. The predicted molar refractivity (Wildman–Crippen MR) is 80.2 cm³/mol. The average molecular weight is 342 g/mol. The first-order valence-electron chi connectivity index (χ1n) is 7.17. The van der Waals surface area contributed by atoms with E-state index in [0.29, 0.717) is 6.54 Å². The lowest BCUT2D eigenvalue weighted by Crippen LogP contribution is -2.42. The largest absolute Gasteiger partial charge is 0.573 e. The smallest absolute Gasteiger partial charge is 0.405 e. The van der Waals surface area contributed by atoms with Crippen LogP contribution in [0.4, 0.5) is 18.0 Å². The lowest BCUT2D eigenvalue weighted by Gasteiger charge is -2.16. The van der Waals surface area contributed by atoms with Crippen LogP contribution in [-0.2, 0) is 13.1 Å². The molecule has 0 fully saturated rings. The Kier molecular flexibility index (Phi) is 5.67. The number of benzene rings is 1. The molecular weight excluding hydrogens is 325 g/mol. The number of rotatable bonds is 6. The Labute approximate surface area is 136 Å². The highest BCUT2D eigenvalue weighted by molar-refractivity contribution is 5.74. The van der Waals surface area contributed by atoms with Crippen LogP contribution in [-0.4, -0.2) is 28.0 Å². The fraction of sp³-hybridized carbons (Fsp3) is 0.333. The first kappa shape index (κ1) is 17.6. The van der Waals surface area contributed by atoms with Crippen molar-refractivity contribution >= 4 is 6.03 Å². The summed E-state index contributed by atoms with van der Waals surface area (Å²) < 4.78 is 42.8. The number of nitrogens with one attached hydrogen (secondary N) is 2. The van der Waals surface area contributed by atoms with E-state index >= 15 is 0 Å². The van der Waals surface area contributed by atoms with Gasteiger partial charge in [-0.1, -0.05) is 18.2 Å². The van der Waals surface area contributed by atoms with Crippen molar-refractivity contribution in [2.75, 3.05) is 0 Å². The minimum absolute atomic E-state index is 0.0874. The average Bonchev–Trinajstić information content (AvgIpc) is 2.97. The highest BCUT2D eigenvalue weighted by atomic mass is 19.4. The summed E-state index contributed by atoms with van der Waals surface area (Å²) in [6, 6.07) is 4.99. The maximum atomic E-state index is 12.3. The zero-order valence-corrected chi connectivity index (χ0v) is 12.9. The van der Waals surface area contributed by atoms with Crippen molar-refractivity contribution in [2.45, 2.75) is 32.4 Å². The van der Waals surface area contributed by atoms with Crippen LogP contribution in [0.25, 0.3) is 0 Å². The maximum absolute atomic E-state index is 12.3. The van der Waals surface area contributed by atoms with Gasteiger partial charge in [0.25, 0.3) is 0 Å². The van der Waals surface area contributed by atoms with Gasteiger partial charge in [-0.05, 0) is 13.0 Å². The van der Waals surface area contributed by atoms with Crippen LogP contribution in [0.3, 0.4) is 0 Å². The van der Waals surface area contributed by atoms with Crippen molar-refractivity contribution in [2.24, 2.45) is 0 Å². The third kappa shape index (κ3) is 5.82. The van der Waals surface area contributed by atoms with E-state index in [0.717, 1.165) is 0 Å². The van der Waals surface area contributed by atoms with E-state index in [1.54, 1.807) is 36.3 Å². The number of amides is 2. The van der Waals surface area contributed by atoms with Gasteiger partial charge < -0.3 is 19.9 Å². The van der Waals surface area contributed by atoms with Gasteiger partial charge in [-0.2, -0.15) is 0 Å². The summed E-state index contributed by atoms with van der Waals surface area (Å²) in [5.74, 6) is -0.336. The SMILES string of the molecule is C[C@H](Cn1ccnc1)NC(=O)NCc1ccccc1OC(F)(F)F. The molecule has 0 aliphatic rings. The summed E-state index contributed by atoms with van der Waals surface area (Å²) in [5.41, 5.74) is 0.229. The molecule has 1 atom stereocenters. The Morgan fingerprint density at radius 2 is 2.12 bits per heavy atom. The summed E-state index contributed by atoms with van der Waals surface area (Å²) in [6.45, 7) is 2.25. The van der Waals surface area contributed by atoms with Gasteiger partial charge in [0.05, 0.1) is 6.33 Å². The Hall–Kier alpha value is -2.71. The van der Waals surface area contributed by atoms with Gasteiger partial charge in [0.2, 0.25) is 0 Å². The molecule has 2 amide bonds. The number of imidazole rings is 1. The third-order valence-electron chi connectivity index (χ3n) is 3.06. The molecule has 0 spiro atoms. The predicted octanol–water partition coefficient (Wildman–Crippen LogP) is 2.67. The fourth-order valence-corrected chi connectivity index (χ4v) is 2.08. The molecule has 6 nitrogen and oxygen atoms in total. The van der Waals surface area contributed by atoms with Gasteiger partial charge in [0, 0.05) is 37.1 Å². The van der Waals surface area contributed by atoms with Gasteiger partial charge >= 0.3 is 12.4 Å². The Morgan fingerprint density at radius 3 is 2.79 bits per heavy atom. The van der Waals surface area contributed by atoms with Crippen molar-refractivity contribution in [1.82, 2.24) is 20.2 Å². The molecule has 0 unspecified atom stereocenters. The first-order chi connectivity index (χ1) is 11.3. The Morgan fingerprint density at radius 1 is 1.38 bits per heavy atom. The van der Waals surface area contributed by atoms with Gasteiger partial charge in [0.15, 0.2) is 0 Å². The summed E-state index contributed by atoms with van der Waals surface area (Å²) in [5, 5.41) is 5.21. The maximum Gasteiger partial charge on any atom is 0.573 e. The second-order valence-corrected chi connectivity index (χ2v) is 5.14. The molecule has 1 aromatic heterocycles. The van der Waals surface area contributed by atoms with Crippen LogP contribution in [0.2, 0.25) is 0 Å². The van der Waals surface area contributed by atoms with Crippen LogP contribution in [0.1, 0.15) is 12.5 Å². The number of hydrogen-bond acceptors (Lipinski definition) is 3. The molecule has 0 saturated carbocycles. The Balaban J connectivity index is 1.85. The van der Waals surface area contributed by atoms with Gasteiger partial charge in [-0.3, -0.25) is 0 Å². The number of urea groups is 1. The number of halogens is 3. The van der Waals surface area contributed by atoms with E-state index in [4.69, 9.17) is 0 Å². The van der Waals surface area contributed by atoms with Gasteiger partial charge in [0.1, 0.15) is 5.75 Å². The monoisotopic (exact) mass is 342 g/mol. The topological polar surface area (TPSA) is 68.2 Å². The normalized spacial score (nSPS) is 12.5. The Bertz CT molecular complexity index is 659. The minimum Gasteiger partial charge on any atom is -0.405 e. The van der Waals surface area contributed by atoms with E-state index in [-0.39, 0.29) is 23.9 Å². The number of hydrogen-bond donors (Lipinski definition) is 2. The van der Waals surface area contributed by atoms with E-state index in [2.05, 4.69) is 20.4 Å². The quantitative estimate of drug-likeness (QED) is 0.848. The number of aromatic nitrogens is 2. The minimum atomic E-state index is -4.78. The van der Waals surface area contributed by atoms with E-state index < -0.39 is 12.4 Å². The first-order valence-corrected chi connectivity index (χ1v) is 7.17. The number of ether oxygens (including phenoxy) is 1. The molecule has 130 valence electrons. The summed E-state index contributed by atoms with van der Waals surface area (Å²) in [7, 11) is 0. The molecule has 1 heterocycles. The number of alkyl halides is 3. The molecule has 1 aromatic carbocycles. The third-order valence-corrected chi connectivity index (χ3v) is 3.06. The van der Waals surface area contributed by atoms with Crippen LogP contribution in [0, 0.1) is 0 Å². The molecule has 24 heavy (non-hydrogen) atoms. The fourth-order valence-electron chi connectivity index (χ4n) is 2.08. The van der Waals surface area contributed by atoms with Crippen LogP contribution in [0.5, 0.6) is 5.75 Å². The number of carbonyl (C=O) groups excluding carboxylic acids is 1. The van der Waals surface area contributed by atoms with E-state index in [9.17, 15) is 18.0 Å². The molecule has 9 heteroatoms. The molecule has 0 radical (unpaired) electrons. The molecule has 0 saturated heterocycles. The molecule has 0 aliphatic carbocycles. The van der Waals surface area contributed by atoms with Gasteiger partial charge in [-0.15, -0.1) is 13.2 Å². The van der Waals surface area contributed by atoms with Crippen LogP contribution < -0.4 is 15.4 Å². The van der Waals surface area contributed by atoms with Crippen molar-refractivity contribution in [3.8, 4) is 5.75 Å². The highest BCUT2D eigenvalue weighted by Gasteiger charge is 2.31. The zero-order chi connectivity index (χ0) is 17.6. The lowest BCUT2D eigenvalue weighted by molar-refractivity contribution is -0.274. The van der Waals surface area contributed by atoms with E-state index in [1.807, 2.05) is 0 Å². The molecule has 2 rings (SSSR count). The van der Waals surface area contributed by atoms with Gasteiger partial charge in [-0.25, -0.2) is 9.78 Å². The molecule has 2 aromatic rings. The van der Waals surface area contributed by atoms with Crippen LogP contribution in [0.15, 0.2) is 43.0 Å². The van der Waals surface area contributed by atoms with E-state index in [1.165, 1.54) is 18.2 Å². The van der Waals surface area contributed by atoms with Crippen molar-refractivity contribution < 1.29 is 22.7 Å². The highest BCUT2D eigenvalue weighted by Crippen LogP contribution is 2.25. The second kappa shape index (κ2) is 7.71. The molecule has 2 N–H and O–H groups in total. The number of nitrogens with zero attached hydrogens (tertiary/aromatic N) is 2. The zero-order valence-electron chi connectivity index (χ0n) is 12.9. The van der Waals surface area contributed by atoms with Crippen molar-refractivity contribution in [3.63, 3.8) is 0 Å². The molecule has 0 aliphatic heterocycles. The second-order valence-electron chi connectivity index (χ2n) is 5.14. The van der Waals surface area contributed by atoms with Crippen LogP contribution >= 0.6 is 0 Å². The molecular formula is C15H17F3N4O2. The summed E-state index contributed by atoms with van der Waals surface area (Å²) in [4.78, 5) is 15.7. The standard InChI is InChI=1S/C15H17F3N4O2/c1-11(9-22-7-6-19-10-22)21-14(23)20-8-12-4-2-3-5-13(12)24-15(16,17)18/h2-7,10-11H,8-9H2,1H3,(H2,20,21,23)/t11-/m1/s1. The lowest BCUT2D eigenvalue weighted by atomic mass is 10.2. The number of para-hydroxylation sites is 1. The van der Waals surface area contributed by atoms with Crippen molar-refractivity contribution in [3.05, 3.63) is 48.5 Å².